The van der Waals surface area contributed by atoms with E-state index in [4.69, 9.17) is 0 Å². The predicted molar refractivity (Wildman–Crippen MR) is 62.8 cm³/mol. The second-order valence-electron chi connectivity index (χ2n) is 4.62. The van der Waals surface area contributed by atoms with E-state index >= 15 is 0 Å². The lowest BCUT2D eigenvalue weighted by molar-refractivity contribution is 0.481. The molecule has 4 heteroatoms. The molecule has 0 aromatic carbocycles. The zero-order chi connectivity index (χ0) is 11.2. The highest BCUT2D eigenvalue weighted by molar-refractivity contribution is 7.19. The second kappa shape index (κ2) is 3.10. The number of hydrogen-bond acceptors (Lipinski definition) is 3. The molecular formula is C11H13NO2S. The Morgan fingerprint density at radius 2 is 2.00 bits per heavy atom. The van der Waals surface area contributed by atoms with Crippen LogP contribution < -0.4 is 5.56 Å². The van der Waals surface area contributed by atoms with Gasteiger partial charge in [-0.2, -0.15) is 0 Å². The van der Waals surface area contributed by atoms with Gasteiger partial charge in [-0.1, -0.05) is 20.8 Å². The molecular weight excluding hydrogens is 210 g/mol. The molecule has 0 spiro atoms. The summed E-state index contributed by atoms with van der Waals surface area (Å²) in [6.45, 7) is 6.31. The first kappa shape index (κ1) is 10.2. The first-order chi connectivity index (χ1) is 6.88. The standard InChI is InChI=1S/C11H13NO2S/c1-11(2,3)8-4-6-10(15-8)7(13)5-9(14)12-6/h4-5H,1-3H3,(H2,12,13,14). The minimum atomic E-state index is -0.266. The molecule has 0 radical (unpaired) electrons. The quantitative estimate of drug-likeness (QED) is 0.721. The molecule has 0 saturated heterocycles. The molecule has 2 aromatic rings. The first-order valence-corrected chi connectivity index (χ1v) is 5.56. The maximum atomic E-state index is 11.2. The number of aromatic amines is 1. The van der Waals surface area contributed by atoms with Crippen molar-refractivity contribution in [1.82, 2.24) is 4.98 Å². The summed E-state index contributed by atoms with van der Waals surface area (Å²) in [6.07, 6.45) is 0. The highest BCUT2D eigenvalue weighted by Crippen LogP contribution is 2.36. The summed E-state index contributed by atoms with van der Waals surface area (Å²) in [7, 11) is 0. The van der Waals surface area contributed by atoms with Crippen molar-refractivity contribution in [2.24, 2.45) is 0 Å². The van der Waals surface area contributed by atoms with Gasteiger partial charge in [0.2, 0.25) is 0 Å². The van der Waals surface area contributed by atoms with Crippen LogP contribution in [0.25, 0.3) is 10.2 Å². The van der Waals surface area contributed by atoms with E-state index in [1.54, 1.807) is 0 Å². The summed E-state index contributed by atoms with van der Waals surface area (Å²) in [5.74, 6) is 0.0641. The second-order valence-corrected chi connectivity index (χ2v) is 5.67. The molecule has 80 valence electrons. The van der Waals surface area contributed by atoms with Crippen molar-refractivity contribution < 1.29 is 5.11 Å². The van der Waals surface area contributed by atoms with Crippen molar-refractivity contribution in [3.63, 3.8) is 0 Å². The molecule has 0 amide bonds. The van der Waals surface area contributed by atoms with Gasteiger partial charge in [-0.25, -0.2) is 0 Å². The Morgan fingerprint density at radius 1 is 1.33 bits per heavy atom. The zero-order valence-corrected chi connectivity index (χ0v) is 9.73. The van der Waals surface area contributed by atoms with Crippen LogP contribution in [0.15, 0.2) is 16.9 Å². The molecule has 2 rings (SSSR count). The minimum Gasteiger partial charge on any atom is -0.506 e. The first-order valence-electron chi connectivity index (χ1n) is 4.74. The number of aromatic hydroxyl groups is 1. The lowest BCUT2D eigenvalue weighted by Gasteiger charge is -2.14. The lowest BCUT2D eigenvalue weighted by atomic mass is 9.95. The molecule has 2 aromatic heterocycles. The minimum absolute atomic E-state index is 0.0347. The topological polar surface area (TPSA) is 53.1 Å². The maximum Gasteiger partial charge on any atom is 0.252 e. The number of rotatable bonds is 0. The monoisotopic (exact) mass is 223 g/mol. The number of nitrogens with one attached hydrogen (secondary N) is 1. The molecule has 0 aliphatic carbocycles. The molecule has 0 saturated carbocycles. The number of fused-ring (bicyclic) bond motifs is 1. The van der Waals surface area contributed by atoms with Gasteiger partial charge in [0.15, 0.2) is 0 Å². The average molecular weight is 223 g/mol. The molecule has 0 atom stereocenters. The number of aromatic nitrogens is 1. The van der Waals surface area contributed by atoms with E-state index in [2.05, 4.69) is 25.8 Å². The van der Waals surface area contributed by atoms with E-state index in [0.29, 0.717) is 0 Å². The van der Waals surface area contributed by atoms with Gasteiger partial charge < -0.3 is 10.1 Å². The Bertz CT molecular complexity index is 560. The van der Waals surface area contributed by atoms with Gasteiger partial charge in [-0.05, 0) is 11.5 Å². The zero-order valence-electron chi connectivity index (χ0n) is 8.92. The van der Waals surface area contributed by atoms with E-state index in [1.165, 1.54) is 17.4 Å². The highest BCUT2D eigenvalue weighted by atomic mass is 32.1. The number of pyridine rings is 1. The van der Waals surface area contributed by atoms with Crippen LogP contribution in [0.4, 0.5) is 0 Å². The van der Waals surface area contributed by atoms with Crippen molar-refractivity contribution in [1.29, 1.82) is 0 Å². The van der Waals surface area contributed by atoms with Crippen LogP contribution in [0.1, 0.15) is 25.6 Å². The largest absolute Gasteiger partial charge is 0.506 e. The van der Waals surface area contributed by atoms with Gasteiger partial charge in [0.1, 0.15) is 5.75 Å². The van der Waals surface area contributed by atoms with Crippen LogP contribution in [0.3, 0.4) is 0 Å². The molecule has 0 unspecified atom stereocenters. The Hall–Kier alpha value is -1.29. The van der Waals surface area contributed by atoms with Gasteiger partial charge in [-0.15, -0.1) is 11.3 Å². The number of hydrogen-bond donors (Lipinski definition) is 2. The maximum absolute atomic E-state index is 11.2. The van der Waals surface area contributed by atoms with Crippen molar-refractivity contribution in [2.45, 2.75) is 26.2 Å². The molecule has 2 N–H and O–H groups in total. The van der Waals surface area contributed by atoms with Crippen LogP contribution in [0.2, 0.25) is 0 Å². The van der Waals surface area contributed by atoms with Crippen molar-refractivity contribution in [2.75, 3.05) is 0 Å². The van der Waals surface area contributed by atoms with E-state index in [-0.39, 0.29) is 16.7 Å². The summed E-state index contributed by atoms with van der Waals surface area (Å²) in [4.78, 5) is 15.0. The predicted octanol–water partition coefficient (Wildman–Crippen LogP) is 2.59. The fourth-order valence-corrected chi connectivity index (χ4v) is 2.49. The number of thiophene rings is 1. The Balaban J connectivity index is 2.77. The molecule has 0 fully saturated rings. The smallest absolute Gasteiger partial charge is 0.252 e. The molecule has 0 aliphatic heterocycles. The molecule has 3 nitrogen and oxygen atoms in total. The van der Waals surface area contributed by atoms with E-state index in [0.717, 1.165) is 15.1 Å². The van der Waals surface area contributed by atoms with Gasteiger partial charge in [0, 0.05) is 10.9 Å². The summed E-state index contributed by atoms with van der Waals surface area (Å²) in [5, 5.41) is 9.62. The Kier molecular flexibility index (Phi) is 2.12. The van der Waals surface area contributed by atoms with Gasteiger partial charge in [0.05, 0.1) is 10.2 Å². The van der Waals surface area contributed by atoms with Crippen LogP contribution >= 0.6 is 11.3 Å². The summed E-state index contributed by atoms with van der Waals surface area (Å²) < 4.78 is 0.750. The lowest BCUT2D eigenvalue weighted by Crippen LogP contribution is -2.07. The summed E-state index contributed by atoms with van der Waals surface area (Å²) in [6, 6.07) is 3.15. The van der Waals surface area contributed by atoms with E-state index in [1.807, 2.05) is 6.07 Å². The third kappa shape index (κ3) is 1.77. The Morgan fingerprint density at radius 3 is 2.60 bits per heavy atom. The number of H-pyrrole nitrogens is 1. The van der Waals surface area contributed by atoms with Crippen LogP contribution in [-0.4, -0.2) is 10.1 Å². The van der Waals surface area contributed by atoms with Crippen LogP contribution in [-0.2, 0) is 5.41 Å². The fraction of sp³-hybridized carbons (Fsp3) is 0.364. The van der Waals surface area contributed by atoms with Crippen LogP contribution in [0.5, 0.6) is 5.75 Å². The van der Waals surface area contributed by atoms with Crippen LogP contribution in [0, 0.1) is 0 Å². The van der Waals surface area contributed by atoms with Gasteiger partial charge in [-0.3, -0.25) is 4.79 Å². The molecule has 2 heterocycles. The average Bonchev–Trinajstić information content (AvgIpc) is 2.46. The third-order valence-electron chi connectivity index (χ3n) is 2.23. The van der Waals surface area contributed by atoms with Crippen molar-refractivity contribution >= 4 is 21.6 Å². The third-order valence-corrected chi connectivity index (χ3v) is 3.81. The Labute approximate surface area is 91.4 Å². The highest BCUT2D eigenvalue weighted by Gasteiger charge is 2.18. The SMILES string of the molecule is CC(C)(C)c1cc2[nH]c(=O)cc(O)c2s1. The van der Waals surface area contributed by atoms with E-state index < -0.39 is 0 Å². The van der Waals surface area contributed by atoms with Gasteiger partial charge in [0.25, 0.3) is 5.56 Å². The molecule has 0 bridgehead atoms. The summed E-state index contributed by atoms with van der Waals surface area (Å²) >= 11 is 1.52. The molecule has 15 heavy (non-hydrogen) atoms. The van der Waals surface area contributed by atoms with Crippen molar-refractivity contribution in [3.05, 3.63) is 27.4 Å². The van der Waals surface area contributed by atoms with Crippen molar-refractivity contribution in [3.8, 4) is 5.75 Å². The fourth-order valence-electron chi connectivity index (χ4n) is 1.40. The summed E-state index contributed by atoms with van der Waals surface area (Å²) in [5.41, 5.74) is 0.487. The van der Waals surface area contributed by atoms with E-state index in [9.17, 15) is 9.90 Å². The normalized spacial score (nSPS) is 12.2. The molecule has 0 aliphatic rings. The van der Waals surface area contributed by atoms with Gasteiger partial charge >= 0.3 is 0 Å².